The van der Waals surface area contributed by atoms with Crippen LogP contribution in [0.4, 0.5) is 11.4 Å². The monoisotopic (exact) mass is 264 g/mol. The standard InChI is InChI=1S/C11H12N4O4/c12-6-4-14-5-7-15(2-1-3-19-7)11(17)9(14)8(13-18)10(6)16/h4,7H,1-3,5,12H2. The molecule has 0 aliphatic carbocycles. The highest BCUT2D eigenvalue weighted by Gasteiger charge is 2.37. The average molecular weight is 264 g/mol. The number of hydrogen-bond acceptors (Lipinski definition) is 6. The van der Waals surface area contributed by atoms with Crippen LogP contribution in [0.1, 0.15) is 16.9 Å². The van der Waals surface area contributed by atoms with Gasteiger partial charge in [0.15, 0.2) is 11.9 Å². The minimum atomic E-state index is -0.703. The van der Waals surface area contributed by atoms with E-state index in [1.807, 2.05) is 0 Å². The van der Waals surface area contributed by atoms with E-state index in [2.05, 4.69) is 5.18 Å². The van der Waals surface area contributed by atoms with E-state index in [1.54, 1.807) is 0 Å². The van der Waals surface area contributed by atoms with Crippen LogP contribution in [0.5, 0.6) is 0 Å². The number of anilines is 1. The van der Waals surface area contributed by atoms with Crippen LogP contribution in [0.2, 0.25) is 0 Å². The summed E-state index contributed by atoms with van der Waals surface area (Å²) in [6.45, 7) is 1.46. The van der Waals surface area contributed by atoms with Gasteiger partial charge in [0, 0.05) is 12.7 Å². The van der Waals surface area contributed by atoms with Gasteiger partial charge < -0.3 is 19.9 Å². The van der Waals surface area contributed by atoms with Crippen LogP contribution < -0.4 is 11.2 Å². The van der Waals surface area contributed by atoms with Gasteiger partial charge in [0.05, 0.1) is 18.8 Å². The normalized spacial score (nSPS) is 21.8. The van der Waals surface area contributed by atoms with Crippen LogP contribution in [0.3, 0.4) is 0 Å². The van der Waals surface area contributed by atoms with Gasteiger partial charge in [-0.15, -0.1) is 4.91 Å². The Morgan fingerprint density at radius 1 is 1.42 bits per heavy atom. The van der Waals surface area contributed by atoms with Gasteiger partial charge in [-0.3, -0.25) is 9.59 Å². The number of nitroso groups, excluding NO2 is 1. The smallest absolute Gasteiger partial charge is 0.275 e. The van der Waals surface area contributed by atoms with Crippen molar-refractivity contribution < 1.29 is 9.53 Å². The molecule has 2 N–H and O–H groups in total. The molecular weight excluding hydrogens is 252 g/mol. The Balaban J connectivity index is 2.20. The summed E-state index contributed by atoms with van der Waals surface area (Å²) < 4.78 is 6.98. The third-order valence-electron chi connectivity index (χ3n) is 3.39. The minimum absolute atomic E-state index is 0.00375. The second-order valence-electron chi connectivity index (χ2n) is 4.53. The number of nitrogens with zero attached hydrogens (tertiary/aromatic N) is 3. The van der Waals surface area contributed by atoms with Crippen LogP contribution in [-0.2, 0) is 11.3 Å². The van der Waals surface area contributed by atoms with Gasteiger partial charge >= 0.3 is 0 Å². The van der Waals surface area contributed by atoms with Crippen molar-refractivity contribution in [2.75, 3.05) is 18.9 Å². The quantitative estimate of drug-likeness (QED) is 0.720. The summed E-state index contributed by atoms with van der Waals surface area (Å²) in [6, 6.07) is 0. The first-order valence-corrected chi connectivity index (χ1v) is 5.92. The molecule has 1 fully saturated rings. The molecule has 2 aliphatic rings. The van der Waals surface area contributed by atoms with Gasteiger partial charge in [-0.1, -0.05) is 0 Å². The van der Waals surface area contributed by atoms with E-state index in [0.29, 0.717) is 19.7 Å². The van der Waals surface area contributed by atoms with Gasteiger partial charge in [-0.2, -0.15) is 0 Å². The third-order valence-corrected chi connectivity index (χ3v) is 3.39. The first-order chi connectivity index (χ1) is 9.13. The Morgan fingerprint density at radius 2 is 2.21 bits per heavy atom. The number of ether oxygens (including phenoxy) is 1. The highest BCUT2D eigenvalue weighted by atomic mass is 16.5. The molecule has 0 saturated carbocycles. The van der Waals surface area contributed by atoms with E-state index in [1.165, 1.54) is 15.7 Å². The van der Waals surface area contributed by atoms with Crippen molar-refractivity contribution in [3.05, 3.63) is 27.0 Å². The predicted molar refractivity (Wildman–Crippen MR) is 66.0 cm³/mol. The van der Waals surface area contributed by atoms with Crippen molar-refractivity contribution in [3.8, 4) is 0 Å². The molecule has 19 heavy (non-hydrogen) atoms. The predicted octanol–water partition coefficient (Wildman–Crippen LogP) is 0.0306. The van der Waals surface area contributed by atoms with Crippen LogP contribution in [0.25, 0.3) is 0 Å². The van der Waals surface area contributed by atoms with E-state index < -0.39 is 17.0 Å². The molecule has 1 aromatic rings. The molecule has 8 heteroatoms. The molecule has 0 spiro atoms. The molecule has 1 unspecified atom stereocenters. The van der Waals surface area contributed by atoms with Crippen LogP contribution in [0.15, 0.2) is 16.2 Å². The molecule has 0 bridgehead atoms. The fourth-order valence-corrected chi connectivity index (χ4v) is 2.50. The molecule has 2 aliphatic heterocycles. The van der Waals surface area contributed by atoms with Crippen LogP contribution in [0, 0.1) is 4.91 Å². The van der Waals surface area contributed by atoms with Crippen LogP contribution in [-0.4, -0.2) is 34.8 Å². The van der Waals surface area contributed by atoms with Crippen LogP contribution >= 0.6 is 0 Å². The minimum Gasteiger partial charge on any atom is -0.394 e. The zero-order valence-corrected chi connectivity index (χ0v) is 10.0. The van der Waals surface area contributed by atoms with Crippen molar-refractivity contribution in [2.45, 2.75) is 19.2 Å². The first kappa shape index (κ1) is 11.8. The second kappa shape index (κ2) is 4.16. The maximum atomic E-state index is 12.3. The highest BCUT2D eigenvalue weighted by Crippen LogP contribution is 2.27. The number of hydrogen-bond donors (Lipinski definition) is 1. The zero-order valence-electron chi connectivity index (χ0n) is 10.0. The molecule has 100 valence electrons. The zero-order chi connectivity index (χ0) is 13.6. The molecular formula is C11H12N4O4. The van der Waals surface area contributed by atoms with E-state index in [-0.39, 0.29) is 17.6 Å². The number of carbonyl (C=O) groups excluding carboxylic acids is 1. The Hall–Kier alpha value is -2.22. The molecule has 1 saturated heterocycles. The summed E-state index contributed by atoms with van der Waals surface area (Å²) in [6.07, 6.45) is 1.71. The number of pyridine rings is 1. The highest BCUT2D eigenvalue weighted by molar-refractivity contribution is 5.98. The molecule has 8 nitrogen and oxygen atoms in total. The number of nitrogen functional groups attached to an aromatic ring is 1. The van der Waals surface area contributed by atoms with Gasteiger partial charge in [-0.25, -0.2) is 0 Å². The average Bonchev–Trinajstić information content (AvgIpc) is 2.41. The van der Waals surface area contributed by atoms with Crippen molar-refractivity contribution in [3.63, 3.8) is 0 Å². The fourth-order valence-electron chi connectivity index (χ4n) is 2.50. The lowest BCUT2D eigenvalue weighted by molar-refractivity contribution is -0.0916. The number of fused-ring (bicyclic) bond motifs is 2. The fraction of sp³-hybridized carbons (Fsp3) is 0.455. The second-order valence-corrected chi connectivity index (χ2v) is 4.53. The summed E-state index contributed by atoms with van der Waals surface area (Å²) in [5.41, 5.74) is 4.31. The van der Waals surface area contributed by atoms with Crippen molar-refractivity contribution >= 4 is 17.3 Å². The summed E-state index contributed by atoms with van der Waals surface area (Å²) >= 11 is 0. The molecule has 0 radical (unpaired) electrons. The van der Waals surface area contributed by atoms with Crippen molar-refractivity contribution in [1.29, 1.82) is 0 Å². The Morgan fingerprint density at radius 3 is 2.95 bits per heavy atom. The maximum Gasteiger partial charge on any atom is 0.275 e. The third kappa shape index (κ3) is 1.64. The summed E-state index contributed by atoms with van der Waals surface area (Å²) in [4.78, 5) is 36.4. The molecule has 0 aromatic carbocycles. The number of carbonyl (C=O) groups is 1. The Kier molecular flexibility index (Phi) is 2.59. The lowest BCUT2D eigenvalue weighted by atomic mass is 10.1. The number of aromatic nitrogens is 1. The lowest BCUT2D eigenvalue weighted by Crippen LogP contribution is -2.53. The van der Waals surface area contributed by atoms with Gasteiger partial charge in [0.1, 0.15) is 5.69 Å². The van der Waals surface area contributed by atoms with E-state index in [4.69, 9.17) is 10.5 Å². The maximum absolute atomic E-state index is 12.3. The van der Waals surface area contributed by atoms with E-state index >= 15 is 0 Å². The Bertz CT molecular complexity index is 624. The largest absolute Gasteiger partial charge is 0.394 e. The molecule has 1 amide bonds. The number of nitrogens with two attached hydrogens (primary N) is 1. The first-order valence-electron chi connectivity index (χ1n) is 5.92. The van der Waals surface area contributed by atoms with Crippen molar-refractivity contribution in [1.82, 2.24) is 9.47 Å². The summed E-state index contributed by atoms with van der Waals surface area (Å²) in [5.74, 6) is -0.414. The van der Waals surface area contributed by atoms with E-state index in [9.17, 15) is 14.5 Å². The van der Waals surface area contributed by atoms with Gasteiger partial charge in [0.2, 0.25) is 5.43 Å². The number of rotatable bonds is 1. The lowest BCUT2D eigenvalue weighted by Gasteiger charge is -2.40. The van der Waals surface area contributed by atoms with Crippen molar-refractivity contribution in [2.24, 2.45) is 5.18 Å². The summed E-state index contributed by atoms with van der Waals surface area (Å²) in [7, 11) is 0. The van der Waals surface area contributed by atoms with Gasteiger partial charge in [0.25, 0.3) is 5.91 Å². The molecule has 3 rings (SSSR count). The summed E-state index contributed by atoms with van der Waals surface area (Å²) in [5, 5.41) is 2.68. The SMILES string of the molecule is Nc1cn2c(c(N=O)c1=O)C(=O)N1CCCOC1C2. The molecule has 3 heterocycles. The topological polar surface area (TPSA) is 107 Å². The van der Waals surface area contributed by atoms with Gasteiger partial charge in [-0.05, 0) is 11.6 Å². The molecule has 1 atom stereocenters. The Labute approximate surface area is 107 Å². The number of amides is 1. The van der Waals surface area contributed by atoms with E-state index in [0.717, 1.165) is 6.42 Å². The molecule has 1 aromatic heterocycles.